The summed E-state index contributed by atoms with van der Waals surface area (Å²) in [6.07, 6.45) is -0.496. The summed E-state index contributed by atoms with van der Waals surface area (Å²) in [6.45, 7) is 4.15. The molecule has 24 heavy (non-hydrogen) atoms. The second-order valence-electron chi connectivity index (χ2n) is 4.90. The first kappa shape index (κ1) is 19.6. The number of hydrogen-bond donors (Lipinski definition) is 1. The van der Waals surface area contributed by atoms with Crippen LogP contribution in [0.15, 0.2) is 47.9 Å². The minimum absolute atomic E-state index is 0.0669. The maximum Gasteiger partial charge on any atom is 0.333 e. The molecule has 0 bridgehead atoms. The van der Waals surface area contributed by atoms with Crippen LogP contribution in [0, 0.1) is 0 Å². The van der Waals surface area contributed by atoms with E-state index in [0.717, 1.165) is 5.41 Å². The number of aliphatic carboxylic acids is 1. The molecule has 7 nitrogen and oxygen atoms in total. The predicted octanol–water partition coefficient (Wildman–Crippen LogP) is 1.97. The topological polar surface area (TPSA) is 107 Å². The number of carbonyl (C=O) groups excluding carboxylic acids is 1. The van der Waals surface area contributed by atoms with E-state index in [0.29, 0.717) is 5.56 Å². The van der Waals surface area contributed by atoms with Crippen LogP contribution in [0.1, 0.15) is 18.9 Å². The van der Waals surface area contributed by atoms with Gasteiger partial charge in [0.05, 0.1) is 11.8 Å². The van der Waals surface area contributed by atoms with E-state index in [1.165, 1.54) is 13.0 Å². The van der Waals surface area contributed by atoms with E-state index >= 15 is 0 Å². The molecule has 0 aromatic heterocycles. The van der Waals surface area contributed by atoms with Crippen LogP contribution in [-0.2, 0) is 28.6 Å². The van der Waals surface area contributed by atoms with Crippen molar-refractivity contribution in [3.8, 4) is 0 Å². The Kier molecular flexibility index (Phi) is 7.34. The van der Waals surface area contributed by atoms with Gasteiger partial charge in [-0.25, -0.2) is 4.79 Å². The van der Waals surface area contributed by atoms with Gasteiger partial charge in [-0.3, -0.25) is 8.98 Å². The molecular formula is C16H18O7S. The van der Waals surface area contributed by atoms with E-state index in [4.69, 9.17) is 14.0 Å². The second-order valence-corrected chi connectivity index (χ2v) is 6.39. The Bertz CT molecular complexity index is 720. The zero-order chi connectivity index (χ0) is 18.2. The van der Waals surface area contributed by atoms with Crippen LogP contribution in [0.25, 0.3) is 6.08 Å². The number of rotatable bonds is 9. The number of carbonyl (C=O) groups is 2. The molecule has 0 aliphatic rings. The molecule has 0 saturated carbocycles. The fraction of sp³-hybridized carbons (Fsp3) is 0.250. The smallest absolute Gasteiger partial charge is 0.333 e. The first-order valence-corrected chi connectivity index (χ1v) is 8.37. The summed E-state index contributed by atoms with van der Waals surface area (Å²) < 4.78 is 33.2. The van der Waals surface area contributed by atoms with Crippen LogP contribution < -0.4 is 0 Å². The number of carboxylic acid groups (broad SMARTS) is 1. The Morgan fingerprint density at radius 3 is 2.46 bits per heavy atom. The first-order chi connectivity index (χ1) is 11.2. The SMILES string of the molecule is C=C(C)C(=O)OC(COS(=O)(=O)C=Cc1ccccc1)CC(=O)O. The number of ether oxygens (including phenoxy) is 1. The molecule has 0 radical (unpaired) electrons. The molecule has 1 unspecified atom stereocenters. The fourth-order valence-electron chi connectivity index (χ4n) is 1.52. The maximum absolute atomic E-state index is 11.8. The van der Waals surface area contributed by atoms with Crippen molar-refractivity contribution in [2.45, 2.75) is 19.4 Å². The lowest BCUT2D eigenvalue weighted by atomic mass is 10.2. The van der Waals surface area contributed by atoms with Crippen LogP contribution in [0.2, 0.25) is 0 Å². The molecule has 1 atom stereocenters. The summed E-state index contributed by atoms with van der Waals surface area (Å²) in [7, 11) is -4.05. The quantitative estimate of drug-likeness (QED) is 0.410. The molecule has 0 heterocycles. The van der Waals surface area contributed by atoms with Crippen molar-refractivity contribution in [3.05, 3.63) is 53.5 Å². The van der Waals surface area contributed by atoms with Crippen molar-refractivity contribution >= 4 is 28.1 Å². The van der Waals surface area contributed by atoms with Crippen molar-refractivity contribution in [1.82, 2.24) is 0 Å². The van der Waals surface area contributed by atoms with Crippen molar-refractivity contribution in [3.63, 3.8) is 0 Å². The van der Waals surface area contributed by atoms with Gasteiger partial charge in [0.1, 0.15) is 12.7 Å². The highest BCUT2D eigenvalue weighted by atomic mass is 32.2. The molecule has 0 amide bonds. The Hall–Kier alpha value is -2.45. The standard InChI is InChI=1S/C16H18O7S/c1-12(2)16(19)23-14(10-15(17)18)11-22-24(20,21)9-8-13-6-4-3-5-7-13/h3-9,14H,1,10-11H2,2H3,(H,17,18). The van der Waals surface area contributed by atoms with E-state index in [1.54, 1.807) is 30.3 Å². The highest BCUT2D eigenvalue weighted by Gasteiger charge is 2.21. The van der Waals surface area contributed by atoms with Gasteiger partial charge in [0.25, 0.3) is 10.1 Å². The third kappa shape index (κ3) is 7.70. The van der Waals surface area contributed by atoms with Crippen LogP contribution in [0.5, 0.6) is 0 Å². The van der Waals surface area contributed by atoms with Crippen molar-refractivity contribution in [1.29, 1.82) is 0 Å². The van der Waals surface area contributed by atoms with Crippen LogP contribution >= 0.6 is 0 Å². The first-order valence-electron chi connectivity index (χ1n) is 6.90. The third-order valence-corrected chi connectivity index (χ3v) is 3.60. The molecule has 0 fully saturated rings. The Morgan fingerprint density at radius 1 is 1.29 bits per heavy atom. The average Bonchev–Trinajstić information content (AvgIpc) is 2.51. The molecule has 8 heteroatoms. The molecule has 0 aliphatic carbocycles. The second kappa shape index (κ2) is 8.99. The molecule has 130 valence electrons. The van der Waals surface area contributed by atoms with E-state index in [1.807, 2.05) is 0 Å². The maximum atomic E-state index is 11.8. The normalized spacial score (nSPS) is 12.7. The van der Waals surface area contributed by atoms with Crippen LogP contribution in [0.4, 0.5) is 0 Å². The zero-order valence-corrected chi connectivity index (χ0v) is 13.9. The Balaban J connectivity index is 2.69. The van der Waals surface area contributed by atoms with Gasteiger partial charge in [-0.1, -0.05) is 36.9 Å². The fourth-order valence-corrected chi connectivity index (χ4v) is 2.26. The number of esters is 1. The predicted molar refractivity (Wildman–Crippen MR) is 87.3 cm³/mol. The monoisotopic (exact) mass is 354 g/mol. The van der Waals surface area contributed by atoms with Gasteiger partial charge >= 0.3 is 11.9 Å². The molecular weight excluding hydrogens is 336 g/mol. The van der Waals surface area contributed by atoms with Gasteiger partial charge in [-0.15, -0.1) is 0 Å². The van der Waals surface area contributed by atoms with Gasteiger partial charge < -0.3 is 9.84 Å². The number of hydrogen-bond acceptors (Lipinski definition) is 6. The summed E-state index contributed by atoms with van der Waals surface area (Å²) in [4.78, 5) is 22.2. The summed E-state index contributed by atoms with van der Waals surface area (Å²) >= 11 is 0. The van der Waals surface area contributed by atoms with Gasteiger partial charge in [-0.05, 0) is 18.6 Å². The number of benzene rings is 1. The highest BCUT2D eigenvalue weighted by Crippen LogP contribution is 2.09. The minimum Gasteiger partial charge on any atom is -0.481 e. The van der Waals surface area contributed by atoms with Crippen LogP contribution in [0.3, 0.4) is 0 Å². The van der Waals surface area contributed by atoms with Crippen molar-refractivity contribution in [2.24, 2.45) is 0 Å². The lowest BCUT2D eigenvalue weighted by Crippen LogP contribution is -2.27. The minimum atomic E-state index is -4.05. The van der Waals surface area contributed by atoms with Gasteiger partial charge in [0.2, 0.25) is 0 Å². The van der Waals surface area contributed by atoms with E-state index in [2.05, 4.69) is 6.58 Å². The highest BCUT2D eigenvalue weighted by molar-refractivity contribution is 7.89. The lowest BCUT2D eigenvalue weighted by Gasteiger charge is -2.15. The lowest BCUT2D eigenvalue weighted by molar-refractivity contribution is -0.150. The van der Waals surface area contributed by atoms with Gasteiger partial charge in [0.15, 0.2) is 0 Å². The third-order valence-electron chi connectivity index (χ3n) is 2.67. The Morgan fingerprint density at radius 2 is 1.92 bits per heavy atom. The molecule has 0 saturated heterocycles. The molecule has 1 rings (SSSR count). The summed E-state index contributed by atoms with van der Waals surface area (Å²) in [5, 5.41) is 9.63. The molecule has 1 N–H and O–H groups in total. The summed E-state index contributed by atoms with van der Waals surface area (Å²) in [5.74, 6) is -2.07. The summed E-state index contributed by atoms with van der Waals surface area (Å²) in [5.41, 5.74) is 0.720. The van der Waals surface area contributed by atoms with Crippen molar-refractivity contribution in [2.75, 3.05) is 6.61 Å². The molecule has 0 aliphatic heterocycles. The van der Waals surface area contributed by atoms with Gasteiger partial charge in [0, 0.05) is 5.57 Å². The van der Waals surface area contributed by atoms with E-state index in [9.17, 15) is 18.0 Å². The molecule has 1 aromatic rings. The van der Waals surface area contributed by atoms with E-state index in [-0.39, 0.29) is 5.57 Å². The average molecular weight is 354 g/mol. The van der Waals surface area contributed by atoms with E-state index < -0.39 is 41.2 Å². The van der Waals surface area contributed by atoms with Gasteiger partial charge in [-0.2, -0.15) is 8.42 Å². The van der Waals surface area contributed by atoms with Crippen LogP contribution in [-0.4, -0.2) is 38.2 Å². The zero-order valence-electron chi connectivity index (χ0n) is 13.0. The summed E-state index contributed by atoms with van der Waals surface area (Å²) in [6, 6.07) is 8.68. The molecule has 0 spiro atoms. The molecule has 1 aromatic carbocycles. The Labute approximate surface area is 140 Å². The largest absolute Gasteiger partial charge is 0.481 e. The van der Waals surface area contributed by atoms with Crippen molar-refractivity contribution < 1.29 is 32.0 Å². The number of carboxylic acids is 1.